The molecule has 0 aliphatic heterocycles. The molecule has 2 heteroatoms. The number of hydrogen-bond donors (Lipinski definition) is 1. The molecule has 0 aliphatic rings. The average molecular weight is 350 g/mol. The molecular weight excluding hydrogens is 304 g/mol. The van der Waals surface area contributed by atoms with Gasteiger partial charge in [0.15, 0.2) is 0 Å². The number of aryl methyl sites for hydroxylation is 2. The fraction of sp³-hybridized carbons (Fsp3) is 0.870. The molecule has 0 fully saturated rings. The Balaban J connectivity index is 2.01. The lowest BCUT2D eigenvalue weighted by Gasteiger charge is -2.04. The zero-order valence-electron chi connectivity index (χ0n) is 17.5. The van der Waals surface area contributed by atoms with Crippen LogP contribution in [0.4, 0.5) is 0 Å². The number of H-pyrrole nitrogens is 1. The second-order valence-corrected chi connectivity index (χ2v) is 8.28. The molecule has 1 rings (SSSR count). The van der Waals surface area contributed by atoms with Crippen LogP contribution in [0, 0.1) is 5.92 Å². The summed E-state index contributed by atoms with van der Waals surface area (Å²) in [6.45, 7) is 8.15. The number of aromatic nitrogens is 2. The van der Waals surface area contributed by atoms with E-state index >= 15 is 0 Å². The highest BCUT2D eigenvalue weighted by molar-refractivity contribution is 4.77. The van der Waals surface area contributed by atoms with Crippen molar-refractivity contribution in [2.24, 2.45) is 5.92 Å². The topological polar surface area (TPSA) is 19.7 Å². The first-order valence-electron chi connectivity index (χ1n) is 11.3. The Morgan fingerprint density at radius 1 is 0.800 bits per heavy atom. The van der Waals surface area contributed by atoms with Crippen molar-refractivity contribution in [3.05, 3.63) is 18.2 Å². The number of aromatic amines is 1. The molecule has 0 saturated heterocycles. The molecule has 0 saturated carbocycles. The third-order valence-electron chi connectivity index (χ3n) is 5.30. The van der Waals surface area contributed by atoms with Crippen LogP contribution in [0.1, 0.15) is 116 Å². The van der Waals surface area contributed by atoms with Gasteiger partial charge in [-0.05, 0) is 25.2 Å². The van der Waals surface area contributed by atoms with E-state index in [2.05, 4.69) is 42.7 Å². The summed E-state index contributed by atoms with van der Waals surface area (Å²) in [5, 5.41) is 0. The molecule has 0 amide bonds. The Morgan fingerprint density at radius 2 is 1.40 bits per heavy atom. The number of unbranched alkanes of at least 4 members (excludes halogenated alkanes) is 11. The Labute approximate surface area is 157 Å². The fourth-order valence-electron chi connectivity index (χ4n) is 3.61. The summed E-state index contributed by atoms with van der Waals surface area (Å²) < 4.78 is 2.45. The second kappa shape index (κ2) is 15.5. The lowest BCUT2D eigenvalue weighted by atomic mass is 10.0. The predicted octanol–water partition coefficient (Wildman–Crippen LogP) is 6.98. The maximum Gasteiger partial charge on any atom is 0.254 e. The largest absolute Gasteiger partial charge is 0.254 e. The van der Waals surface area contributed by atoms with Crippen LogP contribution < -0.4 is 4.57 Å². The van der Waals surface area contributed by atoms with E-state index in [9.17, 15) is 0 Å². The monoisotopic (exact) mass is 349 g/mol. The lowest BCUT2D eigenvalue weighted by Crippen LogP contribution is -2.36. The van der Waals surface area contributed by atoms with Crippen molar-refractivity contribution in [3.8, 4) is 0 Å². The molecule has 2 nitrogen and oxygen atoms in total. The third-order valence-corrected chi connectivity index (χ3v) is 5.30. The van der Waals surface area contributed by atoms with Crippen molar-refractivity contribution >= 4 is 0 Å². The minimum absolute atomic E-state index is 0.870. The van der Waals surface area contributed by atoms with Gasteiger partial charge in [-0.1, -0.05) is 91.4 Å². The highest BCUT2D eigenvalue weighted by Crippen LogP contribution is 2.12. The van der Waals surface area contributed by atoms with Crippen molar-refractivity contribution in [2.45, 2.75) is 124 Å². The van der Waals surface area contributed by atoms with Gasteiger partial charge in [-0.25, -0.2) is 9.55 Å². The maximum atomic E-state index is 3.46. The third kappa shape index (κ3) is 12.2. The number of nitrogens with one attached hydrogen (secondary N) is 1. The Morgan fingerprint density at radius 3 is 2.08 bits per heavy atom. The number of hydrogen-bond acceptors (Lipinski definition) is 0. The molecule has 146 valence electrons. The molecule has 0 bridgehead atoms. The zero-order chi connectivity index (χ0) is 18.2. The van der Waals surface area contributed by atoms with Crippen LogP contribution in [0.15, 0.2) is 12.4 Å². The van der Waals surface area contributed by atoms with Gasteiger partial charge in [0.1, 0.15) is 12.4 Å². The molecule has 25 heavy (non-hydrogen) atoms. The second-order valence-electron chi connectivity index (χ2n) is 8.28. The van der Waals surface area contributed by atoms with Gasteiger partial charge in [0.2, 0.25) is 0 Å². The van der Waals surface area contributed by atoms with Crippen LogP contribution in [-0.4, -0.2) is 4.98 Å². The predicted molar refractivity (Wildman–Crippen MR) is 110 cm³/mol. The van der Waals surface area contributed by atoms with Crippen LogP contribution >= 0.6 is 0 Å². The van der Waals surface area contributed by atoms with E-state index in [0.717, 1.165) is 5.92 Å². The van der Waals surface area contributed by atoms with E-state index in [1.807, 2.05) is 0 Å². The van der Waals surface area contributed by atoms with E-state index < -0.39 is 0 Å². The first kappa shape index (κ1) is 22.3. The SMILES string of the molecule is CCCCCCCCCC[n+]1cc[nH]c1CCCCCCCC(C)C. The summed E-state index contributed by atoms with van der Waals surface area (Å²) in [5.41, 5.74) is 0. The average Bonchev–Trinajstić information content (AvgIpc) is 3.03. The van der Waals surface area contributed by atoms with Gasteiger partial charge in [-0.3, -0.25) is 0 Å². The van der Waals surface area contributed by atoms with Crippen molar-refractivity contribution in [2.75, 3.05) is 0 Å². The Kier molecular flexibility index (Phi) is 13.8. The first-order chi connectivity index (χ1) is 12.2. The molecule has 1 aromatic rings. The summed E-state index contributed by atoms with van der Waals surface area (Å²) in [5.74, 6) is 2.30. The van der Waals surface area contributed by atoms with Crippen molar-refractivity contribution in [1.29, 1.82) is 0 Å². The van der Waals surface area contributed by atoms with Crippen LogP contribution in [0.2, 0.25) is 0 Å². The van der Waals surface area contributed by atoms with Crippen LogP contribution in [0.5, 0.6) is 0 Å². The van der Waals surface area contributed by atoms with Gasteiger partial charge in [0.05, 0.1) is 6.54 Å². The quantitative estimate of drug-likeness (QED) is 0.231. The summed E-state index contributed by atoms with van der Waals surface area (Å²) >= 11 is 0. The van der Waals surface area contributed by atoms with Crippen molar-refractivity contribution in [1.82, 2.24) is 4.98 Å². The molecule has 0 unspecified atom stereocenters. The van der Waals surface area contributed by atoms with Gasteiger partial charge in [-0.15, -0.1) is 0 Å². The Bertz CT molecular complexity index is 395. The molecule has 1 N–H and O–H groups in total. The summed E-state index contributed by atoms with van der Waals surface area (Å²) in [6, 6.07) is 0. The summed E-state index contributed by atoms with van der Waals surface area (Å²) in [4.78, 5) is 3.46. The molecule has 0 radical (unpaired) electrons. The molecular formula is C23H45N2+. The van der Waals surface area contributed by atoms with Gasteiger partial charge in [-0.2, -0.15) is 0 Å². The minimum Gasteiger partial charge on any atom is -0.248 e. The minimum atomic E-state index is 0.870. The number of rotatable bonds is 17. The number of nitrogens with zero attached hydrogens (tertiary/aromatic N) is 1. The highest BCUT2D eigenvalue weighted by atomic mass is 15.1. The fourth-order valence-corrected chi connectivity index (χ4v) is 3.61. The molecule has 0 atom stereocenters. The maximum absolute atomic E-state index is 3.46. The van der Waals surface area contributed by atoms with Gasteiger partial charge < -0.3 is 0 Å². The Hall–Kier alpha value is -0.790. The normalized spacial score (nSPS) is 11.5. The van der Waals surface area contributed by atoms with E-state index in [1.165, 1.54) is 109 Å². The molecule has 0 aliphatic carbocycles. The van der Waals surface area contributed by atoms with Gasteiger partial charge in [0.25, 0.3) is 5.82 Å². The zero-order valence-corrected chi connectivity index (χ0v) is 17.5. The smallest absolute Gasteiger partial charge is 0.248 e. The molecule has 0 aromatic carbocycles. The molecule has 1 aromatic heterocycles. The van der Waals surface area contributed by atoms with Gasteiger partial charge in [0, 0.05) is 6.42 Å². The van der Waals surface area contributed by atoms with Crippen LogP contribution in [0.3, 0.4) is 0 Å². The van der Waals surface area contributed by atoms with Crippen molar-refractivity contribution in [3.63, 3.8) is 0 Å². The van der Waals surface area contributed by atoms with E-state index in [0.29, 0.717) is 0 Å². The lowest BCUT2D eigenvalue weighted by molar-refractivity contribution is -0.703. The van der Waals surface area contributed by atoms with Crippen LogP contribution in [-0.2, 0) is 13.0 Å². The van der Waals surface area contributed by atoms with E-state index in [-0.39, 0.29) is 0 Å². The highest BCUT2D eigenvalue weighted by Gasteiger charge is 2.09. The van der Waals surface area contributed by atoms with Crippen molar-refractivity contribution < 1.29 is 4.57 Å². The molecule has 0 spiro atoms. The van der Waals surface area contributed by atoms with Gasteiger partial charge >= 0.3 is 0 Å². The van der Waals surface area contributed by atoms with E-state index in [4.69, 9.17) is 0 Å². The van der Waals surface area contributed by atoms with Crippen LogP contribution in [0.25, 0.3) is 0 Å². The standard InChI is InChI=1S/C23H44N2/c1-4-5-6-7-8-9-13-16-20-25-21-19-24-23(25)18-15-12-10-11-14-17-22(2)3/h19,21-22H,4-18,20H2,1-3H3/p+1. The summed E-state index contributed by atoms with van der Waals surface area (Å²) in [6.07, 6.45) is 25.1. The first-order valence-corrected chi connectivity index (χ1v) is 11.3. The number of imidazole rings is 1. The molecule has 1 heterocycles. The van der Waals surface area contributed by atoms with E-state index in [1.54, 1.807) is 0 Å². The summed E-state index contributed by atoms with van der Waals surface area (Å²) in [7, 11) is 0.